The van der Waals surface area contributed by atoms with Gasteiger partial charge in [-0.25, -0.2) is 0 Å². The second kappa shape index (κ2) is 4.74. The number of carbonyl (C=O) groups is 2. The van der Waals surface area contributed by atoms with Crippen LogP contribution in [0.15, 0.2) is 0 Å². The highest BCUT2D eigenvalue weighted by atomic mass is 16.7. The Bertz CT molecular complexity index is 174. The van der Waals surface area contributed by atoms with Crippen molar-refractivity contribution in [2.24, 2.45) is 5.92 Å². The van der Waals surface area contributed by atoms with Crippen molar-refractivity contribution >= 4 is 11.9 Å². The molecule has 1 unspecified atom stereocenters. The summed E-state index contributed by atoms with van der Waals surface area (Å²) in [6, 6.07) is 0. The van der Waals surface area contributed by atoms with Gasteiger partial charge in [0.15, 0.2) is 0 Å². The Morgan fingerprint density at radius 1 is 1.08 bits per heavy atom. The second-order valence-electron chi connectivity index (χ2n) is 2.77. The summed E-state index contributed by atoms with van der Waals surface area (Å²) in [5, 5.41) is 0. The van der Waals surface area contributed by atoms with Gasteiger partial charge in [0.05, 0.1) is 5.92 Å². The molecule has 0 aliphatic rings. The van der Waals surface area contributed by atoms with Crippen molar-refractivity contribution in [2.75, 3.05) is 0 Å². The van der Waals surface area contributed by atoms with Crippen LogP contribution in [0.25, 0.3) is 0 Å². The van der Waals surface area contributed by atoms with E-state index in [1.165, 1.54) is 13.8 Å². The van der Waals surface area contributed by atoms with Crippen LogP contribution in [-0.4, -0.2) is 18.2 Å². The first kappa shape index (κ1) is 10.9. The van der Waals surface area contributed by atoms with Crippen LogP contribution in [0.3, 0.4) is 0 Å². The third-order valence-electron chi connectivity index (χ3n) is 1.09. The van der Waals surface area contributed by atoms with Gasteiger partial charge in [0.25, 0.3) is 0 Å². The van der Waals surface area contributed by atoms with E-state index in [-0.39, 0.29) is 11.9 Å². The molecule has 0 aromatic carbocycles. The molecule has 4 nitrogen and oxygen atoms in total. The lowest BCUT2D eigenvalue weighted by atomic mass is 10.2. The summed E-state index contributed by atoms with van der Waals surface area (Å²) in [4.78, 5) is 21.3. The summed E-state index contributed by atoms with van der Waals surface area (Å²) >= 11 is 0. The fourth-order valence-corrected chi connectivity index (χ4v) is 0.557. The van der Waals surface area contributed by atoms with Gasteiger partial charge in [0, 0.05) is 13.8 Å². The van der Waals surface area contributed by atoms with Crippen molar-refractivity contribution in [3.05, 3.63) is 0 Å². The average Bonchev–Trinajstić information content (AvgIpc) is 1.84. The summed E-state index contributed by atoms with van der Waals surface area (Å²) in [6.45, 7) is 6.19. The molecular formula is C8H14O4. The van der Waals surface area contributed by atoms with E-state index < -0.39 is 12.3 Å². The maximum Gasteiger partial charge on any atom is 0.311 e. The van der Waals surface area contributed by atoms with E-state index in [9.17, 15) is 9.59 Å². The highest BCUT2D eigenvalue weighted by molar-refractivity contribution is 5.72. The van der Waals surface area contributed by atoms with Crippen molar-refractivity contribution in [1.29, 1.82) is 0 Å². The molecule has 0 amide bonds. The normalized spacial score (nSPS) is 12.4. The molecule has 0 spiro atoms. The Kier molecular flexibility index (Phi) is 4.33. The maximum absolute atomic E-state index is 10.9. The minimum Gasteiger partial charge on any atom is -0.426 e. The van der Waals surface area contributed by atoms with Crippen molar-refractivity contribution in [3.63, 3.8) is 0 Å². The lowest BCUT2D eigenvalue weighted by molar-refractivity contribution is -0.185. The molecule has 0 bridgehead atoms. The molecule has 70 valence electrons. The van der Waals surface area contributed by atoms with Crippen molar-refractivity contribution in [3.8, 4) is 0 Å². The monoisotopic (exact) mass is 174 g/mol. The van der Waals surface area contributed by atoms with Gasteiger partial charge >= 0.3 is 11.9 Å². The van der Waals surface area contributed by atoms with E-state index in [2.05, 4.69) is 4.74 Å². The Morgan fingerprint density at radius 3 is 1.92 bits per heavy atom. The van der Waals surface area contributed by atoms with Gasteiger partial charge < -0.3 is 9.47 Å². The molecule has 0 aliphatic heterocycles. The zero-order valence-corrected chi connectivity index (χ0v) is 7.79. The summed E-state index contributed by atoms with van der Waals surface area (Å²) in [5.41, 5.74) is 0. The zero-order chi connectivity index (χ0) is 9.72. The van der Waals surface area contributed by atoms with Crippen LogP contribution in [0.2, 0.25) is 0 Å². The molecule has 0 aromatic heterocycles. The third-order valence-corrected chi connectivity index (χ3v) is 1.09. The van der Waals surface area contributed by atoms with Crippen molar-refractivity contribution < 1.29 is 19.1 Å². The molecule has 0 rings (SSSR count). The van der Waals surface area contributed by atoms with Gasteiger partial charge in [-0.3, -0.25) is 9.59 Å². The minimum atomic E-state index is -0.794. The van der Waals surface area contributed by atoms with Gasteiger partial charge in [-0.2, -0.15) is 0 Å². The molecule has 0 fully saturated rings. The second-order valence-corrected chi connectivity index (χ2v) is 2.77. The highest BCUT2D eigenvalue weighted by Crippen LogP contribution is 2.01. The lowest BCUT2D eigenvalue weighted by Crippen LogP contribution is -2.23. The van der Waals surface area contributed by atoms with Crippen LogP contribution < -0.4 is 0 Å². The smallest absolute Gasteiger partial charge is 0.311 e. The SMILES string of the molecule is CC(=O)OC(C)OC(=O)C(C)C. The van der Waals surface area contributed by atoms with E-state index in [0.717, 1.165) is 0 Å². The fraction of sp³-hybridized carbons (Fsp3) is 0.750. The predicted molar refractivity (Wildman–Crippen MR) is 42.2 cm³/mol. The van der Waals surface area contributed by atoms with Gasteiger partial charge in [0.2, 0.25) is 6.29 Å². The largest absolute Gasteiger partial charge is 0.426 e. The molecule has 0 aliphatic carbocycles. The number of ether oxygens (including phenoxy) is 2. The molecular weight excluding hydrogens is 160 g/mol. The van der Waals surface area contributed by atoms with Crippen LogP contribution in [0.4, 0.5) is 0 Å². The van der Waals surface area contributed by atoms with E-state index in [1.54, 1.807) is 13.8 Å². The van der Waals surface area contributed by atoms with Gasteiger partial charge in [-0.05, 0) is 0 Å². The highest BCUT2D eigenvalue weighted by Gasteiger charge is 2.14. The van der Waals surface area contributed by atoms with Crippen LogP contribution in [-0.2, 0) is 19.1 Å². The molecule has 0 aromatic rings. The number of rotatable bonds is 3. The minimum absolute atomic E-state index is 0.206. The van der Waals surface area contributed by atoms with E-state index in [0.29, 0.717) is 0 Å². The molecule has 0 radical (unpaired) electrons. The molecule has 0 saturated heterocycles. The van der Waals surface area contributed by atoms with E-state index >= 15 is 0 Å². The standard InChI is InChI=1S/C8H14O4/c1-5(2)8(10)12-7(4)11-6(3)9/h5,7H,1-4H3. The molecule has 12 heavy (non-hydrogen) atoms. The Morgan fingerprint density at radius 2 is 1.58 bits per heavy atom. The van der Waals surface area contributed by atoms with Crippen molar-refractivity contribution in [2.45, 2.75) is 34.0 Å². The van der Waals surface area contributed by atoms with E-state index in [4.69, 9.17) is 4.74 Å². The number of carbonyl (C=O) groups excluding carboxylic acids is 2. The molecule has 0 heterocycles. The lowest BCUT2D eigenvalue weighted by Gasteiger charge is -2.13. The van der Waals surface area contributed by atoms with Gasteiger partial charge in [0.1, 0.15) is 0 Å². The zero-order valence-electron chi connectivity index (χ0n) is 7.79. The third kappa shape index (κ3) is 4.71. The van der Waals surface area contributed by atoms with Crippen LogP contribution >= 0.6 is 0 Å². The quantitative estimate of drug-likeness (QED) is 0.474. The summed E-state index contributed by atoms with van der Waals surface area (Å²) < 4.78 is 9.33. The summed E-state index contributed by atoms with van der Waals surface area (Å²) in [5.74, 6) is -1.04. The van der Waals surface area contributed by atoms with Crippen LogP contribution in [0, 0.1) is 5.92 Å². The Balaban J connectivity index is 3.76. The first-order chi connectivity index (χ1) is 5.43. The number of hydrogen-bond acceptors (Lipinski definition) is 4. The van der Waals surface area contributed by atoms with Gasteiger partial charge in [-0.15, -0.1) is 0 Å². The molecule has 0 N–H and O–H groups in total. The molecule has 4 heteroatoms. The summed E-state index contributed by atoms with van der Waals surface area (Å²) in [6.07, 6.45) is -0.794. The van der Waals surface area contributed by atoms with Crippen LogP contribution in [0.1, 0.15) is 27.7 Å². The number of esters is 2. The number of hydrogen-bond donors (Lipinski definition) is 0. The topological polar surface area (TPSA) is 52.6 Å². The first-order valence-corrected chi connectivity index (χ1v) is 3.81. The first-order valence-electron chi connectivity index (χ1n) is 3.81. The maximum atomic E-state index is 10.9. The summed E-state index contributed by atoms with van der Waals surface area (Å²) in [7, 11) is 0. The Labute approximate surface area is 71.8 Å². The van der Waals surface area contributed by atoms with Crippen LogP contribution in [0.5, 0.6) is 0 Å². The van der Waals surface area contributed by atoms with Gasteiger partial charge in [-0.1, -0.05) is 13.8 Å². The fourth-order valence-electron chi connectivity index (χ4n) is 0.557. The van der Waals surface area contributed by atoms with Crippen molar-refractivity contribution in [1.82, 2.24) is 0 Å². The predicted octanol–water partition coefficient (Wildman–Crippen LogP) is 1.09. The molecule has 0 saturated carbocycles. The van der Waals surface area contributed by atoms with E-state index in [1.807, 2.05) is 0 Å². The average molecular weight is 174 g/mol. The Hall–Kier alpha value is -1.06. The molecule has 1 atom stereocenters.